The zero-order chi connectivity index (χ0) is 42.7. The van der Waals surface area contributed by atoms with Crippen LogP contribution in [0.25, 0.3) is 115 Å². The number of benzene rings is 8. The molecule has 4 heterocycles. The minimum atomic E-state index is 0.627. The van der Waals surface area contributed by atoms with Crippen LogP contribution in [0.5, 0.6) is 0 Å². The van der Waals surface area contributed by atoms with Crippen molar-refractivity contribution < 1.29 is 4.42 Å². The Bertz CT molecular complexity index is 3870. The Balaban J connectivity index is 1.12. The highest BCUT2D eigenvalue weighted by molar-refractivity contribution is 7.26. The SMILES string of the molecule is Bc1c(B)c(-c2nc(-c3ccccc3)nc(-c3ccc(-c4ccccc4)cc3)n2)c2c(oc3c(B)c(-n4c5ccccc5c5c6sc7ccccc7c6ccc54)c(B)c(B)c32)c1B. The predicted octanol–water partition coefficient (Wildman–Crippen LogP) is 3.45. The summed E-state index contributed by atoms with van der Waals surface area (Å²) in [6.45, 7) is 0. The van der Waals surface area contributed by atoms with E-state index in [-0.39, 0.29) is 0 Å². The molecule has 0 radical (unpaired) electrons. The van der Waals surface area contributed by atoms with Crippen LogP contribution in [-0.2, 0) is 0 Å². The monoisotopic (exact) mass is 818 g/mol. The molecular formula is C51H36B6N4OS. The molecule has 0 N–H and O–H groups in total. The normalized spacial score (nSPS) is 11.9. The lowest BCUT2D eigenvalue weighted by Gasteiger charge is -2.19. The van der Waals surface area contributed by atoms with Crippen molar-refractivity contribution in [1.82, 2.24) is 19.5 Å². The maximum atomic E-state index is 7.22. The highest BCUT2D eigenvalue weighted by atomic mass is 32.1. The van der Waals surface area contributed by atoms with Gasteiger partial charge in [0.2, 0.25) is 0 Å². The molecular weight excluding hydrogens is 782 g/mol. The number of fused-ring (bicyclic) bond motifs is 10. The van der Waals surface area contributed by atoms with Crippen molar-refractivity contribution in [1.29, 1.82) is 0 Å². The van der Waals surface area contributed by atoms with Crippen LogP contribution >= 0.6 is 11.3 Å². The van der Waals surface area contributed by atoms with Crippen molar-refractivity contribution in [3.05, 3.63) is 146 Å². The van der Waals surface area contributed by atoms with Crippen molar-refractivity contribution in [2.24, 2.45) is 0 Å². The van der Waals surface area contributed by atoms with Gasteiger partial charge in [0, 0.05) is 64.1 Å². The number of thiophene rings is 1. The molecule has 12 rings (SSSR count). The Morgan fingerprint density at radius 1 is 0.397 bits per heavy atom. The van der Waals surface area contributed by atoms with Gasteiger partial charge in [0.15, 0.2) is 17.5 Å². The molecule has 0 spiro atoms. The molecule has 8 aromatic carbocycles. The van der Waals surface area contributed by atoms with Gasteiger partial charge in [-0.15, -0.1) is 11.3 Å². The molecule has 63 heavy (non-hydrogen) atoms. The van der Waals surface area contributed by atoms with Gasteiger partial charge in [0.05, 0.1) is 11.0 Å². The Labute approximate surface area is 373 Å². The van der Waals surface area contributed by atoms with E-state index >= 15 is 0 Å². The van der Waals surface area contributed by atoms with Crippen molar-refractivity contribution >= 4 is 155 Å². The van der Waals surface area contributed by atoms with E-state index in [0.29, 0.717) is 17.5 Å². The third-order valence-corrected chi connectivity index (χ3v) is 14.7. The van der Waals surface area contributed by atoms with E-state index in [0.717, 1.165) is 71.7 Å². The number of rotatable bonds is 5. The Hall–Kier alpha value is -7.02. The van der Waals surface area contributed by atoms with Crippen LogP contribution < -0.4 is 32.8 Å². The molecule has 0 aliphatic carbocycles. The molecule has 0 fully saturated rings. The molecule has 290 valence electrons. The molecule has 0 aliphatic heterocycles. The molecule has 0 atom stereocenters. The van der Waals surface area contributed by atoms with Gasteiger partial charge in [0.1, 0.15) is 58.2 Å². The van der Waals surface area contributed by atoms with Gasteiger partial charge in [-0.05, 0) is 34.8 Å². The van der Waals surface area contributed by atoms with Crippen molar-refractivity contribution in [3.8, 4) is 51.0 Å². The predicted molar refractivity (Wildman–Crippen MR) is 285 cm³/mol. The highest BCUT2D eigenvalue weighted by Gasteiger charge is 2.28. The quantitative estimate of drug-likeness (QED) is 0.250. The molecule has 4 aromatic heterocycles. The summed E-state index contributed by atoms with van der Waals surface area (Å²) >= 11 is 1.89. The zero-order valence-electron chi connectivity index (χ0n) is 36.0. The summed E-state index contributed by atoms with van der Waals surface area (Å²) in [6, 6.07) is 51.4. The van der Waals surface area contributed by atoms with E-state index in [4.69, 9.17) is 19.4 Å². The first-order valence-electron chi connectivity index (χ1n) is 21.5. The van der Waals surface area contributed by atoms with Crippen molar-refractivity contribution in [2.45, 2.75) is 0 Å². The van der Waals surface area contributed by atoms with E-state index in [1.54, 1.807) is 0 Å². The molecule has 0 aliphatic rings. The van der Waals surface area contributed by atoms with Crippen LogP contribution in [0.4, 0.5) is 0 Å². The summed E-state index contributed by atoms with van der Waals surface area (Å²) in [7, 11) is 13.3. The largest absolute Gasteiger partial charge is 0.457 e. The Morgan fingerprint density at radius 2 is 0.968 bits per heavy atom. The molecule has 0 bridgehead atoms. The van der Waals surface area contributed by atoms with Gasteiger partial charge in [-0.1, -0.05) is 155 Å². The molecule has 0 saturated carbocycles. The van der Waals surface area contributed by atoms with Gasteiger partial charge in [-0.25, -0.2) is 15.0 Å². The molecule has 5 nitrogen and oxygen atoms in total. The van der Waals surface area contributed by atoms with Gasteiger partial charge < -0.3 is 8.98 Å². The summed E-state index contributed by atoms with van der Waals surface area (Å²) < 4.78 is 12.3. The smallest absolute Gasteiger partial charge is 0.164 e. The summed E-state index contributed by atoms with van der Waals surface area (Å²) in [5.74, 6) is 1.89. The van der Waals surface area contributed by atoms with E-state index in [1.807, 2.05) is 35.6 Å². The minimum absolute atomic E-state index is 0.627. The summed E-state index contributed by atoms with van der Waals surface area (Å²) in [5, 5.41) is 7.31. The van der Waals surface area contributed by atoms with Gasteiger partial charge in [-0.3, -0.25) is 0 Å². The van der Waals surface area contributed by atoms with Crippen LogP contribution in [0.15, 0.2) is 150 Å². The Kier molecular flexibility index (Phi) is 8.54. The van der Waals surface area contributed by atoms with E-state index in [1.165, 1.54) is 58.5 Å². The number of furan rings is 1. The van der Waals surface area contributed by atoms with Crippen LogP contribution in [0.1, 0.15) is 0 Å². The average Bonchev–Trinajstić information content (AvgIpc) is 4.02. The number of nitrogens with zero attached hydrogens (tertiary/aromatic N) is 4. The number of hydrogen-bond donors (Lipinski definition) is 0. The fourth-order valence-corrected chi connectivity index (χ4v) is 11.3. The van der Waals surface area contributed by atoms with E-state index < -0.39 is 0 Å². The van der Waals surface area contributed by atoms with E-state index in [2.05, 4.69) is 173 Å². The fourth-order valence-electron chi connectivity index (χ4n) is 10.0. The lowest BCUT2D eigenvalue weighted by molar-refractivity contribution is 0.674. The standard InChI is InChI=1S/C51H36B6N4OS/c52-39-37-36-38(51-59-49(27-13-5-2-6-14-27)58-50(60-51)28-21-19-26(20-22-28)25-11-3-1-4-12-25)40(53)41(54)43(56)46(36)62-47(37)44(57)45(42(39)55)61-32-17-9-7-16-31(32)35-33(61)24-23-30-29-15-8-10-18-34(29)63-48(30)35/h1-24H,52-57H2. The second-order valence-corrected chi connectivity index (χ2v) is 17.9. The first-order chi connectivity index (χ1) is 30.8. The minimum Gasteiger partial charge on any atom is -0.457 e. The van der Waals surface area contributed by atoms with Crippen molar-refractivity contribution in [3.63, 3.8) is 0 Å². The topological polar surface area (TPSA) is 56.7 Å². The third kappa shape index (κ3) is 5.60. The zero-order valence-corrected chi connectivity index (χ0v) is 36.8. The summed E-state index contributed by atoms with van der Waals surface area (Å²) in [5.41, 5.74) is 17.4. The fraction of sp³-hybridized carbons (Fsp3) is 0. The van der Waals surface area contributed by atoms with Gasteiger partial charge in [0.25, 0.3) is 0 Å². The van der Waals surface area contributed by atoms with Crippen LogP contribution in [-0.4, -0.2) is 66.6 Å². The summed E-state index contributed by atoms with van der Waals surface area (Å²) in [6.07, 6.45) is 0. The van der Waals surface area contributed by atoms with Crippen LogP contribution in [0.2, 0.25) is 0 Å². The second-order valence-electron chi connectivity index (χ2n) is 16.9. The first kappa shape index (κ1) is 37.7. The van der Waals surface area contributed by atoms with Gasteiger partial charge in [-0.2, -0.15) is 0 Å². The number of hydrogen-bond acceptors (Lipinski definition) is 5. The van der Waals surface area contributed by atoms with Gasteiger partial charge >= 0.3 is 0 Å². The maximum absolute atomic E-state index is 7.22. The molecule has 0 saturated heterocycles. The lowest BCUT2D eigenvalue weighted by atomic mass is 9.67. The van der Waals surface area contributed by atoms with Crippen LogP contribution in [0, 0.1) is 0 Å². The third-order valence-electron chi connectivity index (χ3n) is 13.5. The average molecular weight is 818 g/mol. The number of para-hydroxylation sites is 1. The second kappa shape index (κ2) is 14.3. The van der Waals surface area contributed by atoms with E-state index in [9.17, 15) is 0 Å². The molecule has 12 heteroatoms. The Morgan fingerprint density at radius 3 is 1.70 bits per heavy atom. The van der Waals surface area contributed by atoms with Crippen molar-refractivity contribution in [2.75, 3.05) is 0 Å². The summed E-state index contributed by atoms with van der Waals surface area (Å²) in [4.78, 5) is 15.8. The molecule has 12 aromatic rings. The number of aromatic nitrogens is 4. The molecule has 0 unspecified atom stereocenters. The highest BCUT2D eigenvalue weighted by Crippen LogP contribution is 2.43. The lowest BCUT2D eigenvalue weighted by Crippen LogP contribution is -2.41. The maximum Gasteiger partial charge on any atom is 0.164 e. The molecule has 0 amide bonds. The first-order valence-corrected chi connectivity index (χ1v) is 22.4. The van der Waals surface area contributed by atoms with Crippen LogP contribution in [0.3, 0.4) is 0 Å².